The first-order valence-corrected chi connectivity index (χ1v) is 9.19. The maximum Gasteiger partial charge on any atom is 0.394 e. The van der Waals surface area contributed by atoms with Crippen molar-refractivity contribution in [2.45, 2.75) is 46.7 Å². The fourth-order valence-electron chi connectivity index (χ4n) is 3.21. The Labute approximate surface area is 142 Å². The van der Waals surface area contributed by atoms with Gasteiger partial charge < -0.3 is 19.8 Å². The van der Waals surface area contributed by atoms with Crippen molar-refractivity contribution in [1.29, 1.82) is 0 Å². The summed E-state index contributed by atoms with van der Waals surface area (Å²) in [6.07, 6.45) is 5.29. The lowest BCUT2D eigenvalue weighted by Crippen LogP contribution is -2.42. The molecule has 23 heavy (non-hydrogen) atoms. The lowest BCUT2D eigenvalue weighted by Gasteiger charge is -2.20. The molecule has 122 valence electrons. The van der Waals surface area contributed by atoms with Gasteiger partial charge in [0.1, 0.15) is 0 Å². The summed E-state index contributed by atoms with van der Waals surface area (Å²) in [5, 5.41) is 7.34. The molecule has 3 atom stereocenters. The largest absolute Gasteiger partial charge is 0.453 e. The highest BCUT2D eigenvalue weighted by atomic mass is 32.2. The van der Waals surface area contributed by atoms with Gasteiger partial charge in [-0.3, -0.25) is 4.79 Å². The molecule has 2 aromatic heterocycles. The molecule has 8 heteroatoms. The van der Waals surface area contributed by atoms with Crippen molar-refractivity contribution in [3.8, 4) is 6.08 Å². The van der Waals surface area contributed by atoms with Gasteiger partial charge in [-0.25, -0.2) is 0 Å². The molecule has 1 amide bonds. The number of rotatable bonds is 5. The van der Waals surface area contributed by atoms with Crippen LogP contribution in [0.25, 0.3) is 0 Å². The third-order valence-electron chi connectivity index (χ3n) is 4.26. The van der Waals surface area contributed by atoms with Gasteiger partial charge in [-0.2, -0.15) is 4.98 Å². The highest BCUT2D eigenvalue weighted by Crippen LogP contribution is 2.35. The van der Waals surface area contributed by atoms with Gasteiger partial charge in [-0.05, 0) is 43.2 Å². The molecule has 0 radical (unpaired) electrons. The molecular weight excluding hydrogens is 334 g/mol. The Bertz CT molecular complexity index is 714. The van der Waals surface area contributed by atoms with Crippen molar-refractivity contribution in [3.63, 3.8) is 0 Å². The quantitative estimate of drug-likeness (QED) is 0.862. The number of fused-ring (bicyclic) bond motifs is 2. The standard InChI is InChI=1S/C15H17N3O3S2/c1-20-15-16-7-12(21-15)23-13-5-4-11(22-13)14(19)18-10-6-8-2-3-9(10)17-8/h4-5,7-10,17H,2-3,6H2,1H3,(H,18,19)/t8-,9+,10-/m1/s1. The Morgan fingerprint density at radius 1 is 1.52 bits per heavy atom. The zero-order valence-corrected chi connectivity index (χ0v) is 14.2. The highest BCUT2D eigenvalue weighted by Gasteiger charge is 2.39. The number of amides is 1. The molecule has 2 aliphatic heterocycles. The molecule has 2 aliphatic rings. The number of carbonyl (C=O) groups excluding carboxylic acids is 1. The van der Waals surface area contributed by atoms with Crippen LogP contribution in [0.15, 0.2) is 32.0 Å². The van der Waals surface area contributed by atoms with Crippen LogP contribution in [-0.4, -0.2) is 36.1 Å². The average Bonchev–Trinajstić information content (AvgIpc) is 3.32. The van der Waals surface area contributed by atoms with Gasteiger partial charge in [-0.15, -0.1) is 11.3 Å². The van der Waals surface area contributed by atoms with Crippen LogP contribution < -0.4 is 15.4 Å². The van der Waals surface area contributed by atoms with E-state index in [1.54, 1.807) is 6.20 Å². The second-order valence-electron chi connectivity index (χ2n) is 5.73. The van der Waals surface area contributed by atoms with Gasteiger partial charge in [0, 0.05) is 18.1 Å². The van der Waals surface area contributed by atoms with Gasteiger partial charge in [0.2, 0.25) is 0 Å². The molecule has 6 nitrogen and oxygen atoms in total. The summed E-state index contributed by atoms with van der Waals surface area (Å²) in [5.74, 6) is 0.0105. The van der Waals surface area contributed by atoms with E-state index in [2.05, 4.69) is 15.6 Å². The number of ether oxygens (including phenoxy) is 1. The molecule has 0 spiro atoms. The van der Waals surface area contributed by atoms with E-state index in [4.69, 9.17) is 9.15 Å². The number of methoxy groups -OCH3 is 1. The molecule has 0 unspecified atom stereocenters. The monoisotopic (exact) mass is 351 g/mol. The number of thiophene rings is 1. The minimum Gasteiger partial charge on any atom is -0.453 e. The molecule has 2 N–H and O–H groups in total. The van der Waals surface area contributed by atoms with Crippen molar-refractivity contribution < 1.29 is 13.9 Å². The van der Waals surface area contributed by atoms with Crippen molar-refractivity contribution in [2.24, 2.45) is 0 Å². The second-order valence-corrected chi connectivity index (χ2v) is 8.12. The van der Waals surface area contributed by atoms with Crippen molar-refractivity contribution >= 4 is 29.0 Å². The van der Waals surface area contributed by atoms with Crippen LogP contribution in [0.1, 0.15) is 28.9 Å². The van der Waals surface area contributed by atoms with Crippen LogP contribution in [0.5, 0.6) is 6.08 Å². The topological polar surface area (TPSA) is 76.4 Å². The lowest BCUT2D eigenvalue weighted by atomic mass is 9.95. The minimum atomic E-state index is 0.0105. The SMILES string of the molecule is COc1ncc(Sc2ccc(C(=O)N[C@@H]3C[C@H]4CC[C@@H]3N4)s2)o1. The third kappa shape index (κ3) is 3.11. The Hall–Kier alpha value is -1.51. The van der Waals surface area contributed by atoms with Crippen LogP contribution in [-0.2, 0) is 0 Å². The van der Waals surface area contributed by atoms with E-state index in [-0.39, 0.29) is 18.0 Å². The summed E-state index contributed by atoms with van der Waals surface area (Å²) in [5.41, 5.74) is 0. The number of hydrogen-bond acceptors (Lipinski definition) is 7. The lowest BCUT2D eigenvalue weighted by molar-refractivity contribution is 0.0935. The molecule has 2 bridgehead atoms. The first-order chi connectivity index (χ1) is 11.2. The number of carbonyl (C=O) groups is 1. The smallest absolute Gasteiger partial charge is 0.394 e. The number of nitrogens with zero attached hydrogens (tertiary/aromatic N) is 1. The average molecular weight is 351 g/mol. The number of nitrogens with one attached hydrogen (secondary N) is 2. The molecule has 0 aliphatic carbocycles. The third-order valence-corrected chi connectivity index (χ3v) is 6.37. The van der Waals surface area contributed by atoms with E-state index in [1.807, 2.05) is 12.1 Å². The maximum atomic E-state index is 12.4. The Kier molecular flexibility index (Phi) is 4.04. The zero-order chi connectivity index (χ0) is 15.8. The second kappa shape index (κ2) is 6.18. The summed E-state index contributed by atoms with van der Waals surface area (Å²) in [6.45, 7) is 0. The molecule has 2 fully saturated rings. The van der Waals surface area contributed by atoms with Crippen LogP contribution in [0.4, 0.5) is 0 Å². The molecular formula is C15H17N3O3S2. The van der Waals surface area contributed by atoms with Crippen LogP contribution >= 0.6 is 23.1 Å². The van der Waals surface area contributed by atoms with E-state index < -0.39 is 0 Å². The number of hydrogen-bond donors (Lipinski definition) is 2. The van der Waals surface area contributed by atoms with E-state index in [9.17, 15) is 4.79 Å². The summed E-state index contributed by atoms with van der Waals surface area (Å²) in [4.78, 5) is 17.1. The highest BCUT2D eigenvalue weighted by molar-refractivity contribution is 8.01. The van der Waals surface area contributed by atoms with Crippen molar-refractivity contribution in [2.75, 3.05) is 7.11 Å². The number of oxazole rings is 1. The summed E-state index contributed by atoms with van der Waals surface area (Å²) < 4.78 is 11.3. The fourth-order valence-corrected chi connectivity index (χ4v) is 5.08. The molecule has 0 aromatic carbocycles. The van der Waals surface area contributed by atoms with Crippen LogP contribution in [0.2, 0.25) is 0 Å². The molecule has 0 saturated carbocycles. The maximum absolute atomic E-state index is 12.4. The summed E-state index contributed by atoms with van der Waals surface area (Å²) in [7, 11) is 1.51. The van der Waals surface area contributed by atoms with E-state index in [0.29, 0.717) is 17.2 Å². The first-order valence-electron chi connectivity index (χ1n) is 7.55. The van der Waals surface area contributed by atoms with E-state index in [0.717, 1.165) is 21.9 Å². The minimum absolute atomic E-state index is 0.0105. The van der Waals surface area contributed by atoms with Crippen molar-refractivity contribution in [1.82, 2.24) is 15.6 Å². The van der Waals surface area contributed by atoms with Gasteiger partial charge in [0.05, 0.1) is 22.4 Å². The molecule has 2 saturated heterocycles. The summed E-state index contributed by atoms with van der Waals surface area (Å²) in [6, 6.07) is 5.08. The summed E-state index contributed by atoms with van der Waals surface area (Å²) >= 11 is 2.89. The number of aromatic nitrogens is 1. The Morgan fingerprint density at radius 2 is 2.43 bits per heavy atom. The van der Waals surface area contributed by atoms with E-state index in [1.165, 1.54) is 36.6 Å². The Balaban J connectivity index is 1.38. The van der Waals surface area contributed by atoms with Gasteiger partial charge in [-0.1, -0.05) is 0 Å². The van der Waals surface area contributed by atoms with Crippen molar-refractivity contribution in [3.05, 3.63) is 23.2 Å². The van der Waals surface area contributed by atoms with Gasteiger partial charge in [0.25, 0.3) is 5.91 Å². The molecule has 2 aromatic rings. The normalized spacial score (nSPS) is 25.7. The first kappa shape index (κ1) is 15.0. The predicted octanol–water partition coefficient (Wildman–Crippen LogP) is 2.52. The van der Waals surface area contributed by atoms with E-state index >= 15 is 0 Å². The van der Waals surface area contributed by atoms with Gasteiger partial charge in [0.15, 0.2) is 5.09 Å². The Morgan fingerprint density at radius 3 is 3.13 bits per heavy atom. The van der Waals surface area contributed by atoms with Crippen LogP contribution in [0.3, 0.4) is 0 Å². The molecule has 4 rings (SSSR count). The predicted molar refractivity (Wildman–Crippen MR) is 87.3 cm³/mol. The van der Waals surface area contributed by atoms with Crippen LogP contribution in [0, 0.1) is 0 Å². The zero-order valence-electron chi connectivity index (χ0n) is 12.6. The molecule has 4 heterocycles. The fraction of sp³-hybridized carbons (Fsp3) is 0.467. The van der Waals surface area contributed by atoms with Gasteiger partial charge >= 0.3 is 6.08 Å².